The molecule has 0 aromatic heterocycles. The summed E-state index contributed by atoms with van der Waals surface area (Å²) in [4.78, 5) is 23.2. The molecule has 0 spiro atoms. The highest BCUT2D eigenvalue weighted by Gasteiger charge is 2.28. The van der Waals surface area contributed by atoms with E-state index < -0.39 is 20.0 Å². The van der Waals surface area contributed by atoms with Crippen molar-refractivity contribution in [3.8, 4) is 0 Å². The van der Waals surface area contributed by atoms with Crippen LogP contribution in [0.4, 0.5) is 0 Å². The van der Waals surface area contributed by atoms with Crippen LogP contribution in [0, 0.1) is 0 Å². The van der Waals surface area contributed by atoms with Gasteiger partial charge in [-0.05, 0) is 44.9 Å². The fourth-order valence-electron chi connectivity index (χ4n) is 9.69. The number of hydrogen-bond donors (Lipinski definition) is 3. The van der Waals surface area contributed by atoms with Gasteiger partial charge in [0.2, 0.25) is 5.91 Å². The Bertz CT molecular complexity index is 1220. The van der Waals surface area contributed by atoms with E-state index in [-0.39, 0.29) is 19.1 Å². The predicted octanol–water partition coefficient (Wildman–Crippen LogP) is 19.5. The Kier molecular flexibility index (Phi) is 54.0. The SMILES string of the molecule is CCCCCCCCCCC/C=C/C(O)C(COP(=O)(O)OCC[N+](C)(C)C)NC(=O)CCCCCCCCCCCCCCCCCCC/C=C\CCCCCCCCCCCCCCCCCCCC. The van der Waals surface area contributed by atoms with Crippen LogP contribution < -0.4 is 5.32 Å². The summed E-state index contributed by atoms with van der Waals surface area (Å²) in [5.74, 6) is -0.173. The number of amides is 1. The van der Waals surface area contributed by atoms with Gasteiger partial charge >= 0.3 is 7.82 Å². The minimum Gasteiger partial charge on any atom is -0.387 e. The lowest BCUT2D eigenvalue weighted by molar-refractivity contribution is -0.870. The molecular formula is C63H126N2O6P+. The maximum Gasteiger partial charge on any atom is 0.472 e. The van der Waals surface area contributed by atoms with Crippen molar-refractivity contribution < 1.29 is 32.9 Å². The average Bonchev–Trinajstić information content (AvgIpc) is 3.34. The predicted molar refractivity (Wildman–Crippen MR) is 314 cm³/mol. The van der Waals surface area contributed by atoms with Crippen LogP contribution in [0.3, 0.4) is 0 Å². The molecule has 0 rings (SSSR count). The smallest absolute Gasteiger partial charge is 0.387 e. The first-order valence-electron chi connectivity index (χ1n) is 31.7. The molecule has 9 heteroatoms. The number of hydrogen-bond acceptors (Lipinski definition) is 5. The second-order valence-corrected chi connectivity index (χ2v) is 24.6. The molecule has 0 aliphatic carbocycles. The fourth-order valence-corrected chi connectivity index (χ4v) is 10.4. The zero-order chi connectivity index (χ0) is 52.7. The Morgan fingerprint density at radius 2 is 0.750 bits per heavy atom. The van der Waals surface area contributed by atoms with Crippen molar-refractivity contribution in [2.24, 2.45) is 0 Å². The lowest BCUT2D eigenvalue weighted by Crippen LogP contribution is -2.45. The molecule has 0 aromatic rings. The normalized spacial score (nSPS) is 13.9. The molecule has 428 valence electrons. The number of allylic oxidation sites excluding steroid dienone is 3. The van der Waals surface area contributed by atoms with Crippen molar-refractivity contribution >= 4 is 13.7 Å². The van der Waals surface area contributed by atoms with E-state index in [0.29, 0.717) is 17.4 Å². The van der Waals surface area contributed by atoms with Crippen LogP contribution in [-0.4, -0.2) is 73.4 Å². The standard InChI is InChI=1S/C63H125N2O6P/c1-6-8-10-12-14-16-18-19-20-21-22-23-24-25-26-27-28-29-30-31-32-33-34-35-36-37-38-39-40-41-42-43-44-45-47-49-51-53-55-57-63(67)64-61(60-71-72(68,69)70-59-58-65(3,4)5)62(66)56-54-52-50-48-46-17-15-13-11-9-7-2/h31-32,54,56,61-62,66H,6-30,33-53,55,57-60H2,1-5H3,(H-,64,67,68,69)/p+1/b32-31-,56-54+. The van der Waals surface area contributed by atoms with Crippen molar-refractivity contribution in [3.05, 3.63) is 24.3 Å². The number of quaternary nitrogens is 1. The van der Waals surface area contributed by atoms with Gasteiger partial charge in [-0.25, -0.2) is 4.57 Å². The number of nitrogens with one attached hydrogen (secondary N) is 1. The van der Waals surface area contributed by atoms with Crippen LogP contribution in [0.5, 0.6) is 0 Å². The lowest BCUT2D eigenvalue weighted by Gasteiger charge is -2.25. The first-order valence-corrected chi connectivity index (χ1v) is 33.2. The minimum atomic E-state index is -4.34. The quantitative estimate of drug-likeness (QED) is 0.0243. The van der Waals surface area contributed by atoms with Crippen molar-refractivity contribution in [2.45, 2.75) is 334 Å². The summed E-state index contributed by atoms with van der Waals surface area (Å²) < 4.78 is 23.6. The fraction of sp³-hybridized carbons (Fsp3) is 0.921. The highest BCUT2D eigenvalue weighted by molar-refractivity contribution is 7.47. The molecule has 8 nitrogen and oxygen atoms in total. The molecular weight excluding hydrogens is 912 g/mol. The second-order valence-electron chi connectivity index (χ2n) is 23.1. The molecule has 0 bridgehead atoms. The molecule has 0 saturated carbocycles. The highest BCUT2D eigenvalue weighted by atomic mass is 31.2. The first kappa shape index (κ1) is 71.0. The van der Waals surface area contributed by atoms with Crippen molar-refractivity contribution in [3.63, 3.8) is 0 Å². The van der Waals surface area contributed by atoms with Crippen LogP contribution in [0.2, 0.25) is 0 Å². The maximum atomic E-state index is 12.9. The number of aliphatic hydroxyl groups is 1. The van der Waals surface area contributed by atoms with E-state index >= 15 is 0 Å². The van der Waals surface area contributed by atoms with Gasteiger partial charge in [-0.3, -0.25) is 13.8 Å². The summed E-state index contributed by atoms with van der Waals surface area (Å²) in [7, 11) is 1.58. The number of aliphatic hydroxyl groups excluding tert-OH is 1. The van der Waals surface area contributed by atoms with E-state index in [2.05, 4.69) is 31.3 Å². The molecule has 72 heavy (non-hydrogen) atoms. The van der Waals surface area contributed by atoms with E-state index in [1.807, 2.05) is 27.2 Å². The molecule has 0 heterocycles. The van der Waals surface area contributed by atoms with Crippen molar-refractivity contribution in [1.29, 1.82) is 0 Å². The lowest BCUT2D eigenvalue weighted by atomic mass is 10.0. The van der Waals surface area contributed by atoms with Gasteiger partial charge in [-0.15, -0.1) is 0 Å². The van der Waals surface area contributed by atoms with Crippen LogP contribution >= 0.6 is 7.82 Å². The number of nitrogens with zero attached hydrogens (tertiary/aromatic N) is 1. The summed E-state index contributed by atoms with van der Waals surface area (Å²) in [6, 6.07) is -0.843. The van der Waals surface area contributed by atoms with Crippen molar-refractivity contribution in [2.75, 3.05) is 40.9 Å². The van der Waals surface area contributed by atoms with E-state index in [0.717, 1.165) is 38.5 Å². The number of likely N-dealkylation sites (N-methyl/N-ethyl adjacent to an activating group) is 1. The molecule has 0 saturated heterocycles. The van der Waals surface area contributed by atoms with Gasteiger partial charge in [0.15, 0.2) is 0 Å². The molecule has 0 fully saturated rings. The number of carbonyl (C=O) groups is 1. The molecule has 0 aliphatic heterocycles. The van der Waals surface area contributed by atoms with E-state index in [1.165, 1.54) is 263 Å². The zero-order valence-electron chi connectivity index (χ0n) is 48.9. The molecule has 0 radical (unpaired) electrons. The number of phosphoric acid groups is 1. The third-order valence-electron chi connectivity index (χ3n) is 14.7. The Labute approximate surface area is 449 Å². The minimum absolute atomic E-state index is 0.0635. The average molecular weight is 1040 g/mol. The summed E-state index contributed by atoms with van der Waals surface area (Å²) in [6.07, 6.45) is 70.5. The van der Waals surface area contributed by atoms with Crippen LogP contribution in [-0.2, 0) is 18.4 Å². The Morgan fingerprint density at radius 1 is 0.458 bits per heavy atom. The number of unbranched alkanes of at least 4 members (excludes halogenated alkanes) is 44. The third-order valence-corrected chi connectivity index (χ3v) is 15.6. The zero-order valence-corrected chi connectivity index (χ0v) is 49.8. The number of phosphoric ester groups is 1. The number of carbonyl (C=O) groups excluding carboxylic acids is 1. The van der Waals surface area contributed by atoms with Crippen LogP contribution in [0.1, 0.15) is 322 Å². The van der Waals surface area contributed by atoms with Gasteiger partial charge in [-0.1, -0.05) is 295 Å². The van der Waals surface area contributed by atoms with E-state index in [9.17, 15) is 19.4 Å². The van der Waals surface area contributed by atoms with Gasteiger partial charge in [-0.2, -0.15) is 0 Å². The molecule has 0 aliphatic rings. The van der Waals surface area contributed by atoms with Gasteiger partial charge in [0.25, 0.3) is 0 Å². The van der Waals surface area contributed by atoms with Gasteiger partial charge in [0, 0.05) is 6.42 Å². The highest BCUT2D eigenvalue weighted by Crippen LogP contribution is 2.43. The number of rotatable bonds is 59. The van der Waals surface area contributed by atoms with Crippen LogP contribution in [0.25, 0.3) is 0 Å². The van der Waals surface area contributed by atoms with E-state index in [4.69, 9.17) is 9.05 Å². The second kappa shape index (κ2) is 54.8. The van der Waals surface area contributed by atoms with Gasteiger partial charge in [0.05, 0.1) is 39.9 Å². The largest absolute Gasteiger partial charge is 0.472 e. The molecule has 3 unspecified atom stereocenters. The molecule has 0 aromatic carbocycles. The topological polar surface area (TPSA) is 105 Å². The van der Waals surface area contributed by atoms with Gasteiger partial charge < -0.3 is 19.8 Å². The maximum absolute atomic E-state index is 12.9. The Balaban J connectivity index is 3.82. The van der Waals surface area contributed by atoms with Gasteiger partial charge in [0.1, 0.15) is 13.2 Å². The Hall–Kier alpha value is -1.02. The van der Waals surface area contributed by atoms with Crippen molar-refractivity contribution in [1.82, 2.24) is 5.32 Å². The molecule has 3 atom stereocenters. The molecule has 1 amide bonds. The van der Waals surface area contributed by atoms with E-state index in [1.54, 1.807) is 6.08 Å². The summed E-state index contributed by atoms with van der Waals surface area (Å²) >= 11 is 0. The first-order chi connectivity index (χ1) is 35.0. The summed E-state index contributed by atoms with van der Waals surface area (Å²) in [5, 5.41) is 13.9. The third kappa shape index (κ3) is 56.7. The monoisotopic (exact) mass is 1040 g/mol. The summed E-state index contributed by atoms with van der Waals surface area (Å²) in [6.45, 7) is 4.84. The van der Waals surface area contributed by atoms with Crippen LogP contribution in [0.15, 0.2) is 24.3 Å². The summed E-state index contributed by atoms with van der Waals surface area (Å²) in [5.41, 5.74) is 0. The molecule has 3 N–H and O–H groups in total. The Morgan fingerprint density at radius 3 is 1.07 bits per heavy atom.